The molecule has 1 aromatic carbocycles. The lowest BCUT2D eigenvalue weighted by Crippen LogP contribution is -2.30. The number of nitrogens with two attached hydrogens (primary N) is 1. The average Bonchev–Trinajstić information content (AvgIpc) is 2.70. The number of imide groups is 1. The molecule has 98 valence electrons. The van der Waals surface area contributed by atoms with Crippen LogP contribution in [0.4, 0.5) is 9.18 Å². The lowest BCUT2D eigenvalue weighted by Gasteiger charge is -2.13. The maximum atomic E-state index is 13.2. The summed E-state index contributed by atoms with van der Waals surface area (Å²) >= 11 is 0. The highest BCUT2D eigenvalue weighted by molar-refractivity contribution is 6.01. The van der Waals surface area contributed by atoms with Gasteiger partial charge in [-0.25, -0.2) is 9.18 Å². The summed E-state index contributed by atoms with van der Waals surface area (Å²) in [6, 6.07) is 3.58. The van der Waals surface area contributed by atoms with Gasteiger partial charge in [0.15, 0.2) is 0 Å². The molecular formula is C13H12FN3O2. The number of benzene rings is 1. The second-order valence-corrected chi connectivity index (χ2v) is 3.95. The normalized spacial score (nSPS) is 14.1. The molecule has 3 amide bonds. The van der Waals surface area contributed by atoms with Crippen LogP contribution < -0.4 is 11.1 Å². The van der Waals surface area contributed by atoms with Gasteiger partial charge in [-0.05, 0) is 17.7 Å². The van der Waals surface area contributed by atoms with E-state index in [0.717, 1.165) is 4.90 Å². The van der Waals surface area contributed by atoms with Crippen molar-refractivity contribution in [1.82, 2.24) is 10.2 Å². The number of hydrogen-bond donors (Lipinski definition) is 2. The van der Waals surface area contributed by atoms with Crippen LogP contribution in [0.3, 0.4) is 0 Å². The number of hydrogen-bond acceptors (Lipinski definition) is 3. The lowest BCUT2D eigenvalue weighted by atomic mass is 10.1. The summed E-state index contributed by atoms with van der Waals surface area (Å²) in [5.74, 6) is 4.62. The van der Waals surface area contributed by atoms with Crippen LogP contribution in [-0.4, -0.2) is 29.9 Å². The summed E-state index contributed by atoms with van der Waals surface area (Å²) < 4.78 is 13.2. The first-order valence-corrected chi connectivity index (χ1v) is 5.67. The molecule has 1 fully saturated rings. The largest absolute Gasteiger partial charge is 0.329 e. The van der Waals surface area contributed by atoms with Gasteiger partial charge in [0, 0.05) is 5.56 Å². The summed E-state index contributed by atoms with van der Waals surface area (Å²) in [6.07, 6.45) is 0. The van der Waals surface area contributed by atoms with Gasteiger partial charge in [0.2, 0.25) is 5.91 Å². The third-order valence-electron chi connectivity index (χ3n) is 2.66. The van der Waals surface area contributed by atoms with E-state index in [1.54, 1.807) is 0 Å². The second-order valence-electron chi connectivity index (χ2n) is 3.95. The molecule has 0 bridgehead atoms. The summed E-state index contributed by atoms with van der Waals surface area (Å²) in [5, 5.41) is 2.42. The first kappa shape index (κ1) is 13.1. The third kappa shape index (κ3) is 2.89. The highest BCUT2D eigenvalue weighted by atomic mass is 19.1. The Morgan fingerprint density at radius 2 is 2.21 bits per heavy atom. The zero-order valence-corrected chi connectivity index (χ0v) is 10.1. The second kappa shape index (κ2) is 5.50. The van der Waals surface area contributed by atoms with Crippen molar-refractivity contribution in [3.63, 3.8) is 0 Å². The molecule has 19 heavy (non-hydrogen) atoms. The molecule has 5 nitrogen and oxygen atoms in total. The van der Waals surface area contributed by atoms with Gasteiger partial charge < -0.3 is 11.1 Å². The Kier molecular flexibility index (Phi) is 3.78. The fourth-order valence-corrected chi connectivity index (χ4v) is 1.73. The Morgan fingerprint density at radius 1 is 1.42 bits per heavy atom. The van der Waals surface area contributed by atoms with E-state index >= 15 is 0 Å². The minimum atomic E-state index is -0.452. The van der Waals surface area contributed by atoms with E-state index in [9.17, 15) is 14.0 Å². The fourth-order valence-electron chi connectivity index (χ4n) is 1.73. The van der Waals surface area contributed by atoms with Crippen LogP contribution in [0.15, 0.2) is 18.2 Å². The number of nitrogens with one attached hydrogen (secondary N) is 1. The van der Waals surface area contributed by atoms with Crippen molar-refractivity contribution in [3.8, 4) is 11.8 Å². The van der Waals surface area contributed by atoms with E-state index in [4.69, 9.17) is 5.73 Å². The molecule has 0 aliphatic carbocycles. The molecule has 1 aliphatic rings. The van der Waals surface area contributed by atoms with E-state index < -0.39 is 11.8 Å². The van der Waals surface area contributed by atoms with Gasteiger partial charge in [0.25, 0.3) is 0 Å². The number of carbonyl (C=O) groups is 2. The number of nitrogens with zero attached hydrogens (tertiary/aromatic N) is 1. The molecule has 1 saturated heterocycles. The fraction of sp³-hybridized carbons (Fsp3) is 0.231. The monoisotopic (exact) mass is 261 g/mol. The van der Waals surface area contributed by atoms with Gasteiger partial charge in [-0.3, -0.25) is 9.69 Å². The van der Waals surface area contributed by atoms with Gasteiger partial charge >= 0.3 is 6.03 Å². The van der Waals surface area contributed by atoms with E-state index in [1.165, 1.54) is 18.2 Å². The molecule has 0 atom stereocenters. The maximum Gasteiger partial charge on any atom is 0.324 e. The Bertz CT molecular complexity index is 573. The third-order valence-corrected chi connectivity index (χ3v) is 2.66. The van der Waals surface area contributed by atoms with Gasteiger partial charge in [-0.2, -0.15) is 0 Å². The molecule has 0 saturated carbocycles. The number of carbonyl (C=O) groups excluding carboxylic acids is 2. The van der Waals surface area contributed by atoms with Crippen LogP contribution in [0.5, 0.6) is 0 Å². The number of amides is 3. The molecule has 2 rings (SSSR count). The van der Waals surface area contributed by atoms with E-state index in [-0.39, 0.29) is 25.5 Å². The predicted octanol–water partition coefficient (Wildman–Crippen LogP) is 0.188. The topological polar surface area (TPSA) is 75.4 Å². The van der Waals surface area contributed by atoms with Crippen LogP contribution in [0, 0.1) is 17.7 Å². The Hall–Kier alpha value is -2.39. The van der Waals surface area contributed by atoms with Crippen LogP contribution in [0.1, 0.15) is 11.1 Å². The average molecular weight is 261 g/mol. The van der Waals surface area contributed by atoms with Crippen LogP contribution in [-0.2, 0) is 11.3 Å². The standard InChI is InChI=1S/C13H12FN3O2/c14-11-4-3-10(9(6-11)2-1-5-15)8-17-12(18)7-16-13(17)19/h3-4,6H,5,7-8,15H2,(H,16,19). The molecule has 1 aromatic rings. The Labute approximate surface area is 109 Å². The Balaban J connectivity index is 2.29. The van der Waals surface area contributed by atoms with Gasteiger partial charge in [0.1, 0.15) is 5.82 Å². The smallest absolute Gasteiger partial charge is 0.324 e. The molecular weight excluding hydrogens is 249 g/mol. The number of urea groups is 1. The Morgan fingerprint density at radius 3 is 2.84 bits per heavy atom. The molecule has 0 spiro atoms. The number of rotatable bonds is 2. The highest BCUT2D eigenvalue weighted by Gasteiger charge is 2.28. The van der Waals surface area contributed by atoms with Gasteiger partial charge in [-0.15, -0.1) is 0 Å². The molecule has 3 N–H and O–H groups in total. The van der Waals surface area contributed by atoms with Crippen LogP contribution in [0.2, 0.25) is 0 Å². The van der Waals surface area contributed by atoms with Crippen LogP contribution in [0.25, 0.3) is 0 Å². The first-order valence-electron chi connectivity index (χ1n) is 5.67. The zero-order chi connectivity index (χ0) is 13.8. The van der Waals surface area contributed by atoms with Crippen molar-refractivity contribution >= 4 is 11.9 Å². The van der Waals surface area contributed by atoms with Crippen molar-refractivity contribution in [3.05, 3.63) is 35.1 Å². The summed E-state index contributed by atoms with van der Waals surface area (Å²) in [6.45, 7) is 0.211. The molecule has 1 heterocycles. The van der Waals surface area contributed by atoms with E-state index in [0.29, 0.717) is 11.1 Å². The van der Waals surface area contributed by atoms with Crippen molar-refractivity contribution in [2.24, 2.45) is 5.73 Å². The SMILES string of the molecule is NCC#Cc1cc(F)ccc1CN1C(=O)CNC1=O. The molecule has 1 aliphatic heterocycles. The van der Waals surface area contributed by atoms with Crippen molar-refractivity contribution in [1.29, 1.82) is 0 Å². The molecule has 0 unspecified atom stereocenters. The van der Waals surface area contributed by atoms with Crippen LogP contribution >= 0.6 is 0 Å². The minimum absolute atomic E-state index is 0.0101. The summed E-state index contributed by atoms with van der Waals surface area (Å²) in [5.41, 5.74) is 6.31. The van der Waals surface area contributed by atoms with Crippen molar-refractivity contribution < 1.29 is 14.0 Å². The minimum Gasteiger partial charge on any atom is -0.329 e. The maximum absolute atomic E-state index is 13.2. The first-order chi connectivity index (χ1) is 9.11. The van der Waals surface area contributed by atoms with Gasteiger partial charge in [-0.1, -0.05) is 17.9 Å². The van der Waals surface area contributed by atoms with E-state index in [2.05, 4.69) is 17.2 Å². The zero-order valence-electron chi connectivity index (χ0n) is 10.1. The predicted molar refractivity (Wildman–Crippen MR) is 66.3 cm³/mol. The van der Waals surface area contributed by atoms with E-state index in [1.807, 2.05) is 0 Å². The molecule has 0 aromatic heterocycles. The quantitative estimate of drug-likeness (QED) is 0.589. The summed E-state index contributed by atoms with van der Waals surface area (Å²) in [4.78, 5) is 24.0. The lowest BCUT2D eigenvalue weighted by molar-refractivity contribution is -0.125. The highest BCUT2D eigenvalue weighted by Crippen LogP contribution is 2.14. The van der Waals surface area contributed by atoms with Gasteiger partial charge in [0.05, 0.1) is 19.6 Å². The summed E-state index contributed by atoms with van der Waals surface area (Å²) in [7, 11) is 0. The molecule has 0 radical (unpaired) electrons. The van der Waals surface area contributed by atoms with Crippen molar-refractivity contribution in [2.75, 3.05) is 13.1 Å². The molecule has 6 heteroatoms. The van der Waals surface area contributed by atoms with Crippen molar-refractivity contribution in [2.45, 2.75) is 6.54 Å². The number of halogens is 1.